The van der Waals surface area contributed by atoms with E-state index in [0.717, 1.165) is 18.4 Å². The lowest BCUT2D eigenvalue weighted by Gasteiger charge is -2.15. The summed E-state index contributed by atoms with van der Waals surface area (Å²) in [5.74, 6) is 0.359. The van der Waals surface area contributed by atoms with Crippen LogP contribution in [0.3, 0.4) is 0 Å². The molecular formula is C22H28N2O3. The lowest BCUT2D eigenvalue weighted by atomic mass is 10.1. The Morgan fingerprint density at radius 1 is 1.07 bits per heavy atom. The first-order chi connectivity index (χ1) is 13.2. The van der Waals surface area contributed by atoms with E-state index in [1.165, 1.54) is 0 Å². The van der Waals surface area contributed by atoms with Crippen molar-refractivity contribution in [2.75, 3.05) is 6.54 Å². The molecule has 0 bridgehead atoms. The summed E-state index contributed by atoms with van der Waals surface area (Å²) < 4.78 is 5.71. The third-order valence-corrected chi connectivity index (χ3v) is 4.21. The predicted octanol–water partition coefficient (Wildman–Crippen LogP) is 3.69. The predicted molar refractivity (Wildman–Crippen MR) is 107 cm³/mol. The smallest absolute Gasteiger partial charge is 0.251 e. The minimum atomic E-state index is -0.455. The molecule has 0 aromatic heterocycles. The van der Waals surface area contributed by atoms with Crippen LogP contribution in [-0.4, -0.2) is 24.4 Å². The highest BCUT2D eigenvalue weighted by Crippen LogP contribution is 2.15. The van der Waals surface area contributed by atoms with Crippen LogP contribution >= 0.6 is 0 Å². The molecule has 5 nitrogen and oxygen atoms in total. The molecule has 0 aliphatic carbocycles. The number of amides is 2. The van der Waals surface area contributed by atoms with Crippen molar-refractivity contribution in [2.45, 2.75) is 45.8 Å². The first-order valence-electron chi connectivity index (χ1n) is 9.58. The Morgan fingerprint density at radius 2 is 1.78 bits per heavy atom. The quantitative estimate of drug-likeness (QED) is 0.846. The normalized spacial score (nSPS) is 16.2. The summed E-state index contributed by atoms with van der Waals surface area (Å²) in [4.78, 5) is 24.2. The van der Waals surface area contributed by atoms with Crippen molar-refractivity contribution in [3.8, 4) is 5.75 Å². The molecule has 0 spiro atoms. The Labute approximate surface area is 161 Å². The van der Waals surface area contributed by atoms with Gasteiger partial charge in [0, 0.05) is 12.1 Å². The largest absolute Gasteiger partial charge is 0.489 e. The Balaban J connectivity index is 0.00000126. The second kappa shape index (κ2) is 11.0. The fraction of sp³-hybridized carbons (Fsp3) is 0.364. The zero-order valence-corrected chi connectivity index (χ0v) is 16.0. The summed E-state index contributed by atoms with van der Waals surface area (Å²) in [5, 5.41) is 5.63. The molecule has 0 radical (unpaired) electrons. The summed E-state index contributed by atoms with van der Waals surface area (Å²) in [5.41, 5.74) is 1.60. The number of rotatable bonds is 5. The summed E-state index contributed by atoms with van der Waals surface area (Å²) >= 11 is 0. The third-order valence-electron chi connectivity index (χ3n) is 4.21. The van der Waals surface area contributed by atoms with Crippen LogP contribution in [0.1, 0.15) is 49.0 Å². The minimum absolute atomic E-state index is 0.103. The number of nitrogens with one attached hydrogen (secondary N) is 2. The maximum absolute atomic E-state index is 12.3. The zero-order valence-electron chi connectivity index (χ0n) is 16.0. The maximum atomic E-state index is 12.3. The van der Waals surface area contributed by atoms with Crippen LogP contribution < -0.4 is 15.4 Å². The number of carbonyl (C=O) groups is 2. The molecular weight excluding hydrogens is 340 g/mol. The second-order valence-corrected chi connectivity index (χ2v) is 6.11. The topological polar surface area (TPSA) is 67.4 Å². The molecule has 1 unspecified atom stereocenters. The Morgan fingerprint density at radius 3 is 2.48 bits per heavy atom. The van der Waals surface area contributed by atoms with Crippen LogP contribution in [-0.2, 0) is 11.4 Å². The summed E-state index contributed by atoms with van der Waals surface area (Å²) in [6.07, 6.45) is 2.55. The van der Waals surface area contributed by atoms with E-state index in [1.807, 2.05) is 44.2 Å². The van der Waals surface area contributed by atoms with Gasteiger partial charge < -0.3 is 15.4 Å². The molecule has 2 aromatic rings. The highest BCUT2D eigenvalue weighted by molar-refractivity contribution is 5.97. The molecule has 1 aliphatic rings. The molecule has 144 valence electrons. The highest BCUT2D eigenvalue weighted by Gasteiger charge is 2.22. The van der Waals surface area contributed by atoms with Crippen molar-refractivity contribution < 1.29 is 14.3 Å². The van der Waals surface area contributed by atoms with Crippen LogP contribution in [0, 0.1) is 0 Å². The van der Waals surface area contributed by atoms with E-state index in [2.05, 4.69) is 10.6 Å². The van der Waals surface area contributed by atoms with Gasteiger partial charge in [0.05, 0.1) is 0 Å². The molecule has 3 rings (SSSR count). The van der Waals surface area contributed by atoms with Crippen LogP contribution in [0.2, 0.25) is 0 Å². The second-order valence-electron chi connectivity index (χ2n) is 6.11. The van der Waals surface area contributed by atoms with E-state index in [0.29, 0.717) is 30.9 Å². The van der Waals surface area contributed by atoms with Gasteiger partial charge in [0.2, 0.25) is 5.91 Å². The number of ether oxygens (including phenoxy) is 1. The summed E-state index contributed by atoms with van der Waals surface area (Å²) in [6.45, 7) is 5.16. The van der Waals surface area contributed by atoms with Gasteiger partial charge in [0.15, 0.2) is 0 Å². The van der Waals surface area contributed by atoms with E-state index < -0.39 is 6.04 Å². The van der Waals surface area contributed by atoms with Gasteiger partial charge >= 0.3 is 0 Å². The average molecular weight is 368 g/mol. The first-order valence-corrected chi connectivity index (χ1v) is 9.58. The van der Waals surface area contributed by atoms with Crippen molar-refractivity contribution in [3.63, 3.8) is 0 Å². The third kappa shape index (κ3) is 6.44. The van der Waals surface area contributed by atoms with Crippen molar-refractivity contribution in [1.29, 1.82) is 0 Å². The lowest BCUT2D eigenvalue weighted by molar-refractivity contribution is -0.122. The zero-order chi connectivity index (χ0) is 19.5. The van der Waals surface area contributed by atoms with Crippen molar-refractivity contribution in [2.24, 2.45) is 0 Å². The molecule has 5 heteroatoms. The molecule has 2 amide bonds. The van der Waals surface area contributed by atoms with Crippen LogP contribution in [0.25, 0.3) is 0 Å². The standard InChI is InChI=1S/C20H22N2O3.C2H6/c23-19(22-18-8-4-5-13-21-20(18)24)16-9-11-17(12-10-16)25-14-15-6-2-1-3-7-15;1-2/h1-3,6-7,9-12,18H,4-5,8,13-14H2,(H,21,24)(H,22,23);1-2H3. The van der Waals surface area contributed by atoms with Gasteiger partial charge in [-0.25, -0.2) is 0 Å². The number of carbonyl (C=O) groups excluding carboxylic acids is 2. The minimum Gasteiger partial charge on any atom is -0.489 e. The van der Waals surface area contributed by atoms with Gasteiger partial charge in [-0.05, 0) is 49.1 Å². The van der Waals surface area contributed by atoms with Gasteiger partial charge in [-0.3, -0.25) is 9.59 Å². The van der Waals surface area contributed by atoms with E-state index in [-0.39, 0.29) is 11.8 Å². The van der Waals surface area contributed by atoms with E-state index in [9.17, 15) is 9.59 Å². The molecule has 1 fully saturated rings. The average Bonchev–Trinajstić information content (AvgIpc) is 2.93. The van der Waals surface area contributed by atoms with Gasteiger partial charge in [-0.15, -0.1) is 0 Å². The van der Waals surface area contributed by atoms with Crippen LogP contribution in [0.4, 0.5) is 0 Å². The highest BCUT2D eigenvalue weighted by atomic mass is 16.5. The molecule has 1 atom stereocenters. The molecule has 1 heterocycles. The molecule has 2 aromatic carbocycles. The fourth-order valence-electron chi connectivity index (χ4n) is 2.76. The molecule has 1 saturated heterocycles. The number of benzene rings is 2. The Kier molecular flexibility index (Phi) is 8.36. The van der Waals surface area contributed by atoms with Crippen molar-refractivity contribution in [3.05, 3.63) is 65.7 Å². The Hall–Kier alpha value is -2.82. The Bertz CT molecular complexity index is 714. The number of hydrogen-bond donors (Lipinski definition) is 2. The monoisotopic (exact) mass is 368 g/mol. The van der Waals surface area contributed by atoms with Crippen molar-refractivity contribution >= 4 is 11.8 Å². The molecule has 1 aliphatic heterocycles. The SMILES string of the molecule is CC.O=C(NC1CCCCNC1=O)c1ccc(OCc2ccccc2)cc1. The van der Waals surface area contributed by atoms with Gasteiger partial charge in [-0.1, -0.05) is 44.2 Å². The summed E-state index contributed by atoms with van der Waals surface area (Å²) in [6, 6.07) is 16.4. The molecule has 27 heavy (non-hydrogen) atoms. The maximum Gasteiger partial charge on any atom is 0.251 e. The first kappa shape index (κ1) is 20.5. The van der Waals surface area contributed by atoms with Crippen LogP contribution in [0.5, 0.6) is 5.75 Å². The van der Waals surface area contributed by atoms with Crippen LogP contribution in [0.15, 0.2) is 54.6 Å². The molecule has 0 saturated carbocycles. The fourth-order valence-corrected chi connectivity index (χ4v) is 2.76. The molecule has 2 N–H and O–H groups in total. The van der Waals surface area contributed by atoms with E-state index in [1.54, 1.807) is 24.3 Å². The number of hydrogen-bond acceptors (Lipinski definition) is 3. The van der Waals surface area contributed by atoms with Crippen molar-refractivity contribution in [1.82, 2.24) is 10.6 Å². The van der Waals surface area contributed by atoms with Gasteiger partial charge in [0.25, 0.3) is 5.91 Å². The van der Waals surface area contributed by atoms with Gasteiger partial charge in [0.1, 0.15) is 18.4 Å². The lowest BCUT2D eigenvalue weighted by Crippen LogP contribution is -2.45. The van der Waals surface area contributed by atoms with E-state index >= 15 is 0 Å². The van der Waals surface area contributed by atoms with E-state index in [4.69, 9.17) is 4.74 Å². The summed E-state index contributed by atoms with van der Waals surface area (Å²) in [7, 11) is 0. The van der Waals surface area contributed by atoms with Gasteiger partial charge in [-0.2, -0.15) is 0 Å².